The molecule has 2 aromatic heterocycles. The van der Waals surface area contributed by atoms with Crippen LogP contribution < -0.4 is 10.9 Å². The summed E-state index contributed by atoms with van der Waals surface area (Å²) in [6, 6.07) is 5.93. The highest BCUT2D eigenvalue weighted by Gasteiger charge is 2.10. The van der Waals surface area contributed by atoms with E-state index >= 15 is 0 Å². The van der Waals surface area contributed by atoms with Crippen LogP contribution >= 0.6 is 0 Å². The average Bonchev–Trinajstić information content (AvgIpc) is 2.86. The van der Waals surface area contributed by atoms with Gasteiger partial charge in [0.2, 0.25) is 11.3 Å². The minimum atomic E-state index is -3.26. The van der Waals surface area contributed by atoms with Gasteiger partial charge in [0.15, 0.2) is 15.7 Å². The summed E-state index contributed by atoms with van der Waals surface area (Å²) in [6.45, 7) is 0. The summed E-state index contributed by atoms with van der Waals surface area (Å²) < 4.78 is 27.2. The Morgan fingerprint density at radius 1 is 1.19 bits per heavy atom. The molecule has 2 heterocycles. The Morgan fingerprint density at radius 3 is 2.57 bits per heavy atom. The zero-order valence-corrected chi connectivity index (χ0v) is 11.5. The second-order valence-electron chi connectivity index (χ2n) is 4.27. The molecule has 1 aromatic carbocycles. The van der Waals surface area contributed by atoms with E-state index in [4.69, 9.17) is 0 Å². The van der Waals surface area contributed by atoms with Gasteiger partial charge in [-0.25, -0.2) is 13.0 Å². The van der Waals surface area contributed by atoms with E-state index < -0.39 is 15.4 Å². The summed E-state index contributed by atoms with van der Waals surface area (Å²) in [5.41, 5.74) is 0.324. The molecule has 0 aliphatic carbocycles. The Hall–Kier alpha value is -2.75. The molecule has 21 heavy (non-hydrogen) atoms. The number of hydrogen-bond donors (Lipinski definition) is 2. The number of nitrogens with zero attached hydrogens (tertiary/aromatic N) is 3. The summed E-state index contributed by atoms with van der Waals surface area (Å²) in [5.74, 6) is 0.00491. The number of H-pyrrole nitrogens is 1. The van der Waals surface area contributed by atoms with Crippen LogP contribution in [0.1, 0.15) is 0 Å². The molecule has 3 rings (SSSR count). The first-order valence-corrected chi connectivity index (χ1v) is 7.62. The number of anilines is 2. The molecule has 0 spiro atoms. The van der Waals surface area contributed by atoms with Gasteiger partial charge in [-0.05, 0) is 34.6 Å². The molecule has 0 atom stereocenters. The largest absolute Gasteiger partial charge is 0.336 e. The Kier molecular flexibility index (Phi) is 2.94. The third-order valence-electron chi connectivity index (χ3n) is 2.68. The first kappa shape index (κ1) is 13.2. The summed E-state index contributed by atoms with van der Waals surface area (Å²) in [7, 11) is -3.26. The maximum atomic E-state index is 11.8. The van der Waals surface area contributed by atoms with Crippen LogP contribution in [0.25, 0.3) is 11.3 Å². The lowest BCUT2D eigenvalue weighted by molar-refractivity contribution is 0.314. The zero-order chi connectivity index (χ0) is 15.0. The van der Waals surface area contributed by atoms with Gasteiger partial charge < -0.3 is 5.32 Å². The Bertz CT molecular complexity index is 958. The molecule has 3 aromatic rings. The summed E-state index contributed by atoms with van der Waals surface area (Å²) in [4.78, 5) is 18.4. The highest BCUT2D eigenvalue weighted by Crippen LogP contribution is 2.16. The van der Waals surface area contributed by atoms with Gasteiger partial charge in [0.1, 0.15) is 0 Å². The molecule has 9 nitrogen and oxygen atoms in total. The van der Waals surface area contributed by atoms with Crippen LogP contribution in [0.4, 0.5) is 11.5 Å². The molecule has 0 fully saturated rings. The molecule has 0 unspecified atom stereocenters. The predicted octanol–water partition coefficient (Wildman–Crippen LogP) is 0.453. The highest BCUT2D eigenvalue weighted by atomic mass is 32.2. The molecule has 0 radical (unpaired) electrons. The first-order chi connectivity index (χ1) is 9.93. The molecule has 10 heteroatoms. The fourth-order valence-corrected chi connectivity index (χ4v) is 2.30. The maximum Gasteiger partial charge on any atom is 0.292 e. The van der Waals surface area contributed by atoms with Gasteiger partial charge in [0, 0.05) is 11.9 Å². The number of aromatic nitrogens is 4. The van der Waals surface area contributed by atoms with E-state index in [1.54, 1.807) is 0 Å². The number of nitrogens with one attached hydrogen (secondary N) is 2. The monoisotopic (exact) mass is 307 g/mol. The van der Waals surface area contributed by atoms with Crippen molar-refractivity contribution >= 4 is 32.6 Å². The number of rotatable bonds is 3. The molecule has 0 amide bonds. The molecular weight excluding hydrogens is 298 g/mol. The molecule has 0 bridgehead atoms. The van der Waals surface area contributed by atoms with E-state index in [1.165, 1.54) is 24.3 Å². The van der Waals surface area contributed by atoms with Gasteiger partial charge in [-0.3, -0.25) is 9.78 Å². The Morgan fingerprint density at radius 2 is 1.90 bits per heavy atom. The van der Waals surface area contributed by atoms with Gasteiger partial charge >= 0.3 is 0 Å². The SMILES string of the molecule is CS(=O)(=O)c1ccc(Nc2nc3nonc3[nH]c2=O)cc1. The van der Waals surface area contributed by atoms with Gasteiger partial charge in [-0.2, -0.15) is 4.98 Å². The number of hydrogen-bond acceptors (Lipinski definition) is 8. The number of sulfone groups is 1. The standard InChI is InChI=1S/C11H9N5O4S/c1-21(18,19)7-4-2-6(3-5-7)12-10-11(17)14-9-8(13-10)15-20-16-9/h2-5H,1H3,(H,12,13,15)(H,14,16,17). The van der Waals surface area contributed by atoms with E-state index in [2.05, 4.69) is 30.2 Å². The van der Waals surface area contributed by atoms with Crippen LogP contribution in [-0.4, -0.2) is 35.0 Å². The number of fused-ring (bicyclic) bond motifs is 1. The lowest BCUT2D eigenvalue weighted by Gasteiger charge is -2.05. The van der Waals surface area contributed by atoms with Crippen molar-refractivity contribution in [2.45, 2.75) is 4.90 Å². The smallest absolute Gasteiger partial charge is 0.292 e. The van der Waals surface area contributed by atoms with Gasteiger partial charge in [-0.15, -0.1) is 0 Å². The fourth-order valence-electron chi connectivity index (χ4n) is 1.67. The molecule has 0 aliphatic heterocycles. The summed E-state index contributed by atoms with van der Waals surface area (Å²) >= 11 is 0. The van der Waals surface area contributed by atoms with Crippen molar-refractivity contribution in [1.29, 1.82) is 0 Å². The molecule has 0 saturated heterocycles. The van der Waals surface area contributed by atoms with E-state index in [1.807, 2.05) is 0 Å². The normalized spacial score (nSPS) is 11.7. The van der Waals surface area contributed by atoms with Crippen LogP contribution in [0, 0.1) is 0 Å². The van der Waals surface area contributed by atoms with Crippen molar-refractivity contribution in [2.75, 3.05) is 11.6 Å². The van der Waals surface area contributed by atoms with Crippen LogP contribution in [-0.2, 0) is 9.84 Å². The Balaban J connectivity index is 1.94. The van der Waals surface area contributed by atoms with E-state index in [0.717, 1.165) is 6.26 Å². The molecule has 0 saturated carbocycles. The zero-order valence-electron chi connectivity index (χ0n) is 10.7. The van der Waals surface area contributed by atoms with Crippen molar-refractivity contribution in [3.05, 3.63) is 34.6 Å². The van der Waals surface area contributed by atoms with Crippen molar-refractivity contribution in [2.24, 2.45) is 0 Å². The fraction of sp³-hybridized carbons (Fsp3) is 0.0909. The van der Waals surface area contributed by atoms with Crippen molar-refractivity contribution in [1.82, 2.24) is 20.3 Å². The lowest BCUT2D eigenvalue weighted by Crippen LogP contribution is -2.13. The summed E-state index contributed by atoms with van der Waals surface area (Å²) in [5, 5.41) is 9.76. The quantitative estimate of drug-likeness (QED) is 0.713. The third-order valence-corrected chi connectivity index (χ3v) is 3.81. The van der Waals surface area contributed by atoms with E-state index in [-0.39, 0.29) is 22.0 Å². The van der Waals surface area contributed by atoms with Crippen molar-refractivity contribution in [3.8, 4) is 0 Å². The molecule has 0 aliphatic rings. The third kappa shape index (κ3) is 2.60. The molecule has 108 valence electrons. The van der Waals surface area contributed by atoms with Crippen LogP contribution in [0.5, 0.6) is 0 Å². The summed E-state index contributed by atoms with van der Waals surface area (Å²) in [6.07, 6.45) is 1.12. The number of benzene rings is 1. The molecule has 2 N–H and O–H groups in total. The predicted molar refractivity (Wildman–Crippen MR) is 73.1 cm³/mol. The van der Waals surface area contributed by atoms with Crippen molar-refractivity contribution < 1.29 is 13.0 Å². The van der Waals surface area contributed by atoms with Crippen LogP contribution in [0.2, 0.25) is 0 Å². The minimum Gasteiger partial charge on any atom is -0.336 e. The van der Waals surface area contributed by atoms with E-state index in [9.17, 15) is 13.2 Å². The second kappa shape index (κ2) is 4.66. The minimum absolute atomic E-state index is 0.00491. The average molecular weight is 307 g/mol. The first-order valence-electron chi connectivity index (χ1n) is 5.73. The van der Waals surface area contributed by atoms with Gasteiger partial charge in [-0.1, -0.05) is 0 Å². The Labute approximate surface area is 117 Å². The maximum absolute atomic E-state index is 11.8. The van der Waals surface area contributed by atoms with Crippen LogP contribution in [0.15, 0.2) is 38.6 Å². The highest BCUT2D eigenvalue weighted by molar-refractivity contribution is 7.90. The van der Waals surface area contributed by atoms with Crippen LogP contribution in [0.3, 0.4) is 0 Å². The second-order valence-corrected chi connectivity index (χ2v) is 6.29. The lowest BCUT2D eigenvalue weighted by atomic mass is 10.3. The van der Waals surface area contributed by atoms with Crippen molar-refractivity contribution in [3.63, 3.8) is 0 Å². The van der Waals surface area contributed by atoms with E-state index in [0.29, 0.717) is 5.69 Å². The van der Waals surface area contributed by atoms with Gasteiger partial charge in [0.05, 0.1) is 4.90 Å². The topological polar surface area (TPSA) is 131 Å². The van der Waals surface area contributed by atoms with Gasteiger partial charge in [0.25, 0.3) is 5.56 Å². The number of aromatic amines is 1. The molecular formula is C11H9N5O4S.